The number of aromatic nitrogens is 1. The number of rotatable bonds is 1. The molecule has 1 aromatic heterocycles. The molecule has 0 saturated heterocycles. The third kappa shape index (κ3) is 1.71. The monoisotopic (exact) mass is 235 g/mol. The Morgan fingerprint density at radius 2 is 2.11 bits per heavy atom. The van der Waals surface area contributed by atoms with Gasteiger partial charge in [-0.2, -0.15) is 0 Å². The first-order valence-corrected chi connectivity index (χ1v) is 4.12. The molecule has 0 saturated carbocycles. The van der Waals surface area contributed by atoms with Gasteiger partial charge in [0.2, 0.25) is 0 Å². The SMILES string of the molecule is CC(C)c1ccc(I)[nH]1. The molecule has 50 valence electrons. The molecule has 0 spiro atoms. The molecule has 0 aromatic carbocycles. The lowest BCUT2D eigenvalue weighted by atomic mass is 10.1. The van der Waals surface area contributed by atoms with Gasteiger partial charge >= 0.3 is 0 Å². The van der Waals surface area contributed by atoms with Crippen molar-refractivity contribution < 1.29 is 0 Å². The van der Waals surface area contributed by atoms with Crippen molar-refractivity contribution in [3.63, 3.8) is 0 Å². The van der Waals surface area contributed by atoms with Crippen LogP contribution in [0.2, 0.25) is 0 Å². The molecule has 2 heteroatoms. The first-order chi connectivity index (χ1) is 4.20. The Bertz CT molecular complexity index is 191. The quantitative estimate of drug-likeness (QED) is 0.720. The number of nitrogens with one attached hydrogen (secondary N) is 1. The van der Waals surface area contributed by atoms with Gasteiger partial charge in [0.1, 0.15) is 0 Å². The molecule has 0 aliphatic carbocycles. The van der Waals surface area contributed by atoms with Crippen molar-refractivity contribution in [3.8, 4) is 0 Å². The Kier molecular flexibility index (Phi) is 2.16. The van der Waals surface area contributed by atoms with E-state index in [1.165, 1.54) is 9.39 Å². The van der Waals surface area contributed by atoms with Crippen molar-refractivity contribution in [1.82, 2.24) is 4.98 Å². The molecule has 1 heterocycles. The fourth-order valence-electron chi connectivity index (χ4n) is 0.721. The van der Waals surface area contributed by atoms with E-state index in [0.29, 0.717) is 5.92 Å². The minimum atomic E-state index is 0.619. The second kappa shape index (κ2) is 2.73. The molecule has 0 unspecified atom stereocenters. The van der Waals surface area contributed by atoms with Crippen LogP contribution in [0.1, 0.15) is 25.5 Å². The number of H-pyrrole nitrogens is 1. The summed E-state index contributed by atoms with van der Waals surface area (Å²) in [7, 11) is 0. The highest BCUT2D eigenvalue weighted by molar-refractivity contribution is 14.1. The highest BCUT2D eigenvalue weighted by Gasteiger charge is 1.98. The van der Waals surface area contributed by atoms with Crippen LogP contribution in [-0.4, -0.2) is 4.98 Å². The molecule has 0 amide bonds. The van der Waals surface area contributed by atoms with E-state index in [4.69, 9.17) is 0 Å². The highest BCUT2D eigenvalue weighted by Crippen LogP contribution is 2.13. The maximum Gasteiger partial charge on any atom is 0.0774 e. The molecule has 0 atom stereocenters. The summed E-state index contributed by atoms with van der Waals surface area (Å²) in [4.78, 5) is 3.26. The van der Waals surface area contributed by atoms with E-state index < -0.39 is 0 Å². The topological polar surface area (TPSA) is 15.8 Å². The van der Waals surface area contributed by atoms with E-state index in [1.54, 1.807) is 0 Å². The van der Waals surface area contributed by atoms with Gasteiger partial charge in [-0.25, -0.2) is 0 Å². The third-order valence-electron chi connectivity index (χ3n) is 1.29. The van der Waals surface area contributed by atoms with Crippen molar-refractivity contribution in [3.05, 3.63) is 21.5 Å². The summed E-state index contributed by atoms with van der Waals surface area (Å²) >= 11 is 2.28. The Morgan fingerprint density at radius 3 is 2.33 bits per heavy atom. The second-order valence-corrected chi connectivity index (χ2v) is 3.58. The van der Waals surface area contributed by atoms with Gasteiger partial charge in [-0.3, -0.25) is 0 Å². The number of hydrogen-bond acceptors (Lipinski definition) is 0. The van der Waals surface area contributed by atoms with Crippen LogP contribution in [0, 0.1) is 3.70 Å². The normalized spacial score (nSPS) is 10.7. The zero-order valence-electron chi connectivity index (χ0n) is 5.61. The first kappa shape index (κ1) is 7.12. The van der Waals surface area contributed by atoms with E-state index in [1.807, 2.05) is 0 Å². The summed E-state index contributed by atoms with van der Waals surface area (Å²) in [6.07, 6.45) is 0. The van der Waals surface area contributed by atoms with Gasteiger partial charge in [0.25, 0.3) is 0 Å². The van der Waals surface area contributed by atoms with E-state index in [0.717, 1.165) is 0 Å². The molecular formula is C7H10IN. The summed E-state index contributed by atoms with van der Waals surface area (Å²) in [6.45, 7) is 4.36. The van der Waals surface area contributed by atoms with Gasteiger partial charge in [0, 0.05) is 5.69 Å². The van der Waals surface area contributed by atoms with Gasteiger partial charge < -0.3 is 4.98 Å². The standard InChI is InChI=1S/C7H10IN/c1-5(2)6-3-4-7(8)9-6/h3-5,9H,1-2H3. The highest BCUT2D eigenvalue weighted by atomic mass is 127. The van der Waals surface area contributed by atoms with Crippen LogP contribution in [0.3, 0.4) is 0 Å². The molecule has 9 heavy (non-hydrogen) atoms. The fourth-order valence-corrected chi connectivity index (χ4v) is 1.21. The molecule has 0 aliphatic heterocycles. The number of aromatic amines is 1. The number of hydrogen-bond donors (Lipinski definition) is 1. The van der Waals surface area contributed by atoms with Crippen molar-refractivity contribution in [2.24, 2.45) is 0 Å². The Hall–Kier alpha value is 0.01000. The van der Waals surface area contributed by atoms with Gasteiger partial charge in [-0.15, -0.1) is 0 Å². The Balaban J connectivity index is 2.85. The largest absolute Gasteiger partial charge is 0.354 e. The average molecular weight is 235 g/mol. The lowest BCUT2D eigenvalue weighted by molar-refractivity contribution is 0.830. The van der Waals surface area contributed by atoms with E-state index in [9.17, 15) is 0 Å². The Morgan fingerprint density at radius 1 is 1.44 bits per heavy atom. The minimum absolute atomic E-state index is 0.619. The minimum Gasteiger partial charge on any atom is -0.354 e. The van der Waals surface area contributed by atoms with Crippen LogP contribution in [0.5, 0.6) is 0 Å². The fraction of sp³-hybridized carbons (Fsp3) is 0.429. The molecule has 0 bridgehead atoms. The first-order valence-electron chi connectivity index (χ1n) is 3.04. The zero-order chi connectivity index (χ0) is 6.85. The van der Waals surface area contributed by atoms with Gasteiger partial charge in [-0.1, -0.05) is 13.8 Å². The molecule has 1 nitrogen and oxygen atoms in total. The van der Waals surface area contributed by atoms with Crippen molar-refractivity contribution in [2.45, 2.75) is 19.8 Å². The van der Waals surface area contributed by atoms with Gasteiger partial charge in [0.05, 0.1) is 3.70 Å². The van der Waals surface area contributed by atoms with Gasteiger partial charge in [0.15, 0.2) is 0 Å². The third-order valence-corrected chi connectivity index (χ3v) is 1.92. The maximum absolute atomic E-state index is 3.26. The molecule has 1 N–H and O–H groups in total. The van der Waals surface area contributed by atoms with E-state index in [2.05, 4.69) is 53.6 Å². The smallest absolute Gasteiger partial charge is 0.0774 e. The molecule has 0 fully saturated rings. The number of halogens is 1. The van der Waals surface area contributed by atoms with Crippen LogP contribution in [0.4, 0.5) is 0 Å². The average Bonchev–Trinajstić information content (AvgIpc) is 2.14. The van der Waals surface area contributed by atoms with E-state index >= 15 is 0 Å². The summed E-state index contributed by atoms with van der Waals surface area (Å²) < 4.78 is 1.22. The lowest BCUT2D eigenvalue weighted by Gasteiger charge is -1.97. The summed E-state index contributed by atoms with van der Waals surface area (Å²) in [5.41, 5.74) is 1.32. The zero-order valence-corrected chi connectivity index (χ0v) is 7.77. The second-order valence-electron chi connectivity index (χ2n) is 2.42. The summed E-state index contributed by atoms with van der Waals surface area (Å²) in [5, 5.41) is 0. The molecule has 0 aliphatic rings. The van der Waals surface area contributed by atoms with Crippen molar-refractivity contribution >= 4 is 22.6 Å². The Labute approximate surface area is 69.0 Å². The van der Waals surface area contributed by atoms with Crippen LogP contribution in [0.25, 0.3) is 0 Å². The van der Waals surface area contributed by atoms with Crippen molar-refractivity contribution in [2.75, 3.05) is 0 Å². The lowest BCUT2D eigenvalue weighted by Crippen LogP contribution is -1.85. The predicted octanol–water partition coefficient (Wildman–Crippen LogP) is 2.74. The summed E-state index contributed by atoms with van der Waals surface area (Å²) in [5.74, 6) is 0.619. The van der Waals surface area contributed by atoms with Gasteiger partial charge in [-0.05, 0) is 40.6 Å². The molecule has 1 rings (SSSR count). The van der Waals surface area contributed by atoms with Crippen LogP contribution in [-0.2, 0) is 0 Å². The maximum atomic E-state index is 3.26. The van der Waals surface area contributed by atoms with Crippen molar-refractivity contribution in [1.29, 1.82) is 0 Å². The molecule has 1 aromatic rings. The molecular weight excluding hydrogens is 225 g/mol. The van der Waals surface area contributed by atoms with Crippen LogP contribution in [0.15, 0.2) is 12.1 Å². The van der Waals surface area contributed by atoms with E-state index in [-0.39, 0.29) is 0 Å². The summed E-state index contributed by atoms with van der Waals surface area (Å²) in [6, 6.07) is 4.22. The predicted molar refractivity (Wildman–Crippen MR) is 47.6 cm³/mol. The van der Waals surface area contributed by atoms with Crippen LogP contribution >= 0.6 is 22.6 Å². The molecule has 0 radical (unpaired) electrons. The van der Waals surface area contributed by atoms with Crippen LogP contribution < -0.4 is 0 Å².